The number of carbonyl (C=O) groups is 1. The van der Waals surface area contributed by atoms with E-state index in [0.717, 1.165) is 44.6 Å². The first-order valence-electron chi connectivity index (χ1n) is 9.66. The van der Waals surface area contributed by atoms with E-state index in [1.54, 1.807) is 7.11 Å². The van der Waals surface area contributed by atoms with Gasteiger partial charge in [-0.25, -0.2) is 4.79 Å². The molecule has 2 heterocycles. The molecular weight excluding hydrogens is 328 g/mol. The molecule has 0 saturated carbocycles. The van der Waals surface area contributed by atoms with Gasteiger partial charge in [0.05, 0.1) is 7.11 Å². The molecule has 2 fully saturated rings. The number of para-hydroxylation sites is 1. The third-order valence-electron chi connectivity index (χ3n) is 5.79. The van der Waals surface area contributed by atoms with Crippen molar-refractivity contribution in [2.24, 2.45) is 5.41 Å². The van der Waals surface area contributed by atoms with Crippen LogP contribution in [0.5, 0.6) is 5.75 Å². The lowest BCUT2D eigenvalue weighted by molar-refractivity contribution is -0.00270. The molecule has 0 bridgehead atoms. The summed E-state index contributed by atoms with van der Waals surface area (Å²) in [5, 5.41) is 3.49. The first-order valence-corrected chi connectivity index (χ1v) is 9.66. The predicted molar refractivity (Wildman–Crippen MR) is 103 cm³/mol. The molecule has 26 heavy (non-hydrogen) atoms. The monoisotopic (exact) mass is 360 g/mol. The topological polar surface area (TPSA) is 50.8 Å². The molecule has 2 aliphatic rings. The molecule has 5 heteroatoms. The van der Waals surface area contributed by atoms with Crippen molar-refractivity contribution >= 4 is 6.09 Å². The van der Waals surface area contributed by atoms with Crippen molar-refractivity contribution in [3.05, 3.63) is 29.8 Å². The van der Waals surface area contributed by atoms with Gasteiger partial charge < -0.3 is 19.7 Å². The molecule has 2 saturated heterocycles. The molecule has 1 atom stereocenters. The number of hydrogen-bond donors (Lipinski definition) is 1. The zero-order valence-corrected chi connectivity index (χ0v) is 16.5. The molecule has 2 aliphatic heterocycles. The standard InChI is InChI=1S/C21H32N2O3/c1-20(2,3)26-19(24)23-14-11-21(9-12-22-13-10-21)17(15-23)16-7-5-6-8-18(16)25-4/h5-8,17,22H,9-15H2,1-4H3. The summed E-state index contributed by atoms with van der Waals surface area (Å²) >= 11 is 0. The summed E-state index contributed by atoms with van der Waals surface area (Å²) in [4.78, 5) is 14.6. The van der Waals surface area contributed by atoms with Crippen LogP contribution in [0.2, 0.25) is 0 Å². The number of hydrogen-bond acceptors (Lipinski definition) is 4. The summed E-state index contributed by atoms with van der Waals surface area (Å²) in [6, 6.07) is 8.26. The average molecular weight is 360 g/mol. The van der Waals surface area contributed by atoms with Gasteiger partial charge in [0, 0.05) is 19.0 Å². The quantitative estimate of drug-likeness (QED) is 0.872. The lowest BCUT2D eigenvalue weighted by atomic mass is 9.62. The molecule has 0 aliphatic carbocycles. The fourth-order valence-electron chi connectivity index (χ4n) is 4.44. The largest absolute Gasteiger partial charge is 0.496 e. The maximum absolute atomic E-state index is 12.7. The van der Waals surface area contributed by atoms with E-state index in [-0.39, 0.29) is 17.4 Å². The Kier molecular flexibility index (Phi) is 5.47. The second-order valence-corrected chi connectivity index (χ2v) is 8.58. The highest BCUT2D eigenvalue weighted by Gasteiger charge is 2.46. The number of rotatable bonds is 2. The van der Waals surface area contributed by atoms with Gasteiger partial charge in [-0.1, -0.05) is 18.2 Å². The van der Waals surface area contributed by atoms with Crippen molar-refractivity contribution in [1.82, 2.24) is 10.2 Å². The smallest absolute Gasteiger partial charge is 0.410 e. The predicted octanol–water partition coefficient (Wildman–Crippen LogP) is 3.79. The van der Waals surface area contributed by atoms with Gasteiger partial charge in [-0.2, -0.15) is 0 Å². The zero-order chi connectivity index (χ0) is 18.8. The Hall–Kier alpha value is -1.75. The van der Waals surface area contributed by atoms with Crippen LogP contribution in [0.4, 0.5) is 4.79 Å². The van der Waals surface area contributed by atoms with Crippen LogP contribution in [-0.4, -0.2) is 49.9 Å². The number of likely N-dealkylation sites (tertiary alicyclic amines) is 1. The molecule has 1 N–H and O–H groups in total. The van der Waals surface area contributed by atoms with Gasteiger partial charge in [-0.3, -0.25) is 0 Å². The van der Waals surface area contributed by atoms with Gasteiger partial charge in [0.25, 0.3) is 0 Å². The molecule has 1 spiro atoms. The van der Waals surface area contributed by atoms with Gasteiger partial charge in [0.1, 0.15) is 11.4 Å². The van der Waals surface area contributed by atoms with Gasteiger partial charge in [-0.15, -0.1) is 0 Å². The Morgan fingerprint density at radius 1 is 1.19 bits per heavy atom. The van der Waals surface area contributed by atoms with E-state index < -0.39 is 5.60 Å². The molecule has 1 aromatic carbocycles. The second-order valence-electron chi connectivity index (χ2n) is 8.58. The highest BCUT2D eigenvalue weighted by atomic mass is 16.6. The molecule has 1 aromatic rings. The summed E-state index contributed by atoms with van der Waals surface area (Å²) in [5.41, 5.74) is 0.962. The Morgan fingerprint density at radius 2 is 1.88 bits per heavy atom. The molecule has 0 radical (unpaired) electrons. The Balaban J connectivity index is 1.90. The lowest BCUT2D eigenvalue weighted by Gasteiger charge is -2.50. The van der Waals surface area contributed by atoms with Gasteiger partial charge in [-0.05, 0) is 70.2 Å². The van der Waals surface area contributed by atoms with Gasteiger partial charge in [0.15, 0.2) is 0 Å². The molecule has 1 unspecified atom stereocenters. The normalized spacial score (nSPS) is 22.9. The number of nitrogens with one attached hydrogen (secondary N) is 1. The number of piperidine rings is 2. The van der Waals surface area contributed by atoms with Crippen LogP contribution in [-0.2, 0) is 4.74 Å². The highest BCUT2D eigenvalue weighted by Crippen LogP contribution is 2.51. The minimum absolute atomic E-state index is 0.207. The molecule has 1 amide bonds. The SMILES string of the molecule is COc1ccccc1C1CN(C(=O)OC(C)(C)C)CCC12CCNCC2. The summed E-state index contributed by atoms with van der Waals surface area (Å²) < 4.78 is 11.3. The minimum atomic E-state index is -0.471. The van der Waals surface area contributed by atoms with Crippen LogP contribution in [0.3, 0.4) is 0 Å². The van der Waals surface area contributed by atoms with Crippen LogP contribution >= 0.6 is 0 Å². The number of methoxy groups -OCH3 is 1. The number of benzene rings is 1. The molecular formula is C21H32N2O3. The van der Waals surface area contributed by atoms with Crippen molar-refractivity contribution in [3.63, 3.8) is 0 Å². The summed E-state index contributed by atoms with van der Waals surface area (Å²) in [5.74, 6) is 1.18. The van der Waals surface area contributed by atoms with E-state index in [9.17, 15) is 4.79 Å². The van der Waals surface area contributed by atoms with Crippen LogP contribution in [0.25, 0.3) is 0 Å². The van der Waals surface area contributed by atoms with E-state index in [2.05, 4.69) is 17.4 Å². The molecule has 3 rings (SSSR count). The average Bonchev–Trinajstić information content (AvgIpc) is 2.61. The number of carbonyl (C=O) groups excluding carboxylic acids is 1. The summed E-state index contributed by atoms with van der Waals surface area (Å²) in [6.07, 6.45) is 3.08. The number of nitrogens with zero attached hydrogens (tertiary/aromatic N) is 1. The number of amides is 1. The van der Waals surface area contributed by atoms with E-state index in [1.807, 2.05) is 37.8 Å². The number of ether oxygens (including phenoxy) is 2. The Bertz CT molecular complexity index is 632. The van der Waals surface area contributed by atoms with Crippen molar-refractivity contribution in [3.8, 4) is 5.75 Å². The third kappa shape index (κ3) is 3.98. The highest BCUT2D eigenvalue weighted by molar-refractivity contribution is 5.68. The fourth-order valence-corrected chi connectivity index (χ4v) is 4.44. The van der Waals surface area contributed by atoms with E-state index >= 15 is 0 Å². The van der Waals surface area contributed by atoms with Gasteiger partial charge in [0.2, 0.25) is 0 Å². The molecule has 5 nitrogen and oxygen atoms in total. The van der Waals surface area contributed by atoms with Crippen LogP contribution in [0.15, 0.2) is 24.3 Å². The first kappa shape index (κ1) is 19.0. The maximum Gasteiger partial charge on any atom is 0.410 e. The lowest BCUT2D eigenvalue weighted by Crippen LogP contribution is -2.52. The summed E-state index contributed by atoms with van der Waals surface area (Å²) in [6.45, 7) is 9.29. The van der Waals surface area contributed by atoms with Crippen molar-refractivity contribution in [1.29, 1.82) is 0 Å². The molecule has 144 valence electrons. The van der Waals surface area contributed by atoms with Crippen LogP contribution < -0.4 is 10.1 Å². The fraction of sp³-hybridized carbons (Fsp3) is 0.667. The van der Waals surface area contributed by atoms with Crippen LogP contribution in [0.1, 0.15) is 51.5 Å². The molecule has 0 aromatic heterocycles. The van der Waals surface area contributed by atoms with Crippen molar-refractivity contribution in [2.75, 3.05) is 33.3 Å². The Morgan fingerprint density at radius 3 is 2.54 bits per heavy atom. The third-order valence-corrected chi connectivity index (χ3v) is 5.79. The summed E-state index contributed by atoms with van der Waals surface area (Å²) in [7, 11) is 1.72. The van der Waals surface area contributed by atoms with Crippen molar-refractivity contribution in [2.45, 2.75) is 51.6 Å². The van der Waals surface area contributed by atoms with E-state index in [0.29, 0.717) is 6.54 Å². The Labute approximate surface area is 157 Å². The van der Waals surface area contributed by atoms with E-state index in [4.69, 9.17) is 9.47 Å². The van der Waals surface area contributed by atoms with Crippen molar-refractivity contribution < 1.29 is 14.3 Å². The first-order chi connectivity index (χ1) is 12.3. The van der Waals surface area contributed by atoms with Gasteiger partial charge >= 0.3 is 6.09 Å². The zero-order valence-electron chi connectivity index (χ0n) is 16.5. The minimum Gasteiger partial charge on any atom is -0.496 e. The van der Waals surface area contributed by atoms with Crippen LogP contribution in [0, 0.1) is 5.41 Å². The van der Waals surface area contributed by atoms with E-state index in [1.165, 1.54) is 5.56 Å². The second kappa shape index (κ2) is 7.47. The maximum atomic E-state index is 12.7.